The van der Waals surface area contributed by atoms with Crippen molar-refractivity contribution in [3.8, 4) is 0 Å². The summed E-state index contributed by atoms with van der Waals surface area (Å²) < 4.78 is 0. The third-order valence-electron chi connectivity index (χ3n) is 3.29. The Morgan fingerprint density at radius 3 is 2.18 bits per heavy atom. The van der Waals surface area contributed by atoms with Gasteiger partial charge in [-0.25, -0.2) is 4.99 Å². The number of aliphatic imine (C=N–C) groups is 1. The van der Waals surface area contributed by atoms with E-state index in [0.717, 1.165) is 25.5 Å². The van der Waals surface area contributed by atoms with E-state index in [1.165, 1.54) is 32.2 Å². The predicted octanol–water partition coefficient (Wildman–Crippen LogP) is 1.14. The first-order valence-electron chi connectivity index (χ1n) is 8.34. The molecule has 0 aliphatic carbocycles. The summed E-state index contributed by atoms with van der Waals surface area (Å²) in [7, 11) is 7.72. The maximum Gasteiger partial charge on any atom is 0.243 e. The zero-order valence-corrected chi connectivity index (χ0v) is 15.1. The topological polar surface area (TPSA) is 60.0 Å². The summed E-state index contributed by atoms with van der Waals surface area (Å²) in [4.78, 5) is 19.6. The van der Waals surface area contributed by atoms with Crippen LogP contribution in [0, 0.1) is 0 Å². The number of hydrogen-bond acceptors (Lipinski definition) is 3. The van der Waals surface area contributed by atoms with Crippen LogP contribution in [-0.4, -0.2) is 76.0 Å². The van der Waals surface area contributed by atoms with E-state index >= 15 is 0 Å². The van der Waals surface area contributed by atoms with Crippen molar-refractivity contribution in [2.45, 2.75) is 39.0 Å². The van der Waals surface area contributed by atoms with Crippen molar-refractivity contribution in [3.05, 3.63) is 0 Å². The van der Waals surface area contributed by atoms with Gasteiger partial charge in [0.15, 0.2) is 5.96 Å². The number of guanidine groups is 1. The van der Waals surface area contributed by atoms with E-state index in [1.807, 2.05) is 6.92 Å². The van der Waals surface area contributed by atoms with Crippen LogP contribution < -0.4 is 10.6 Å². The minimum Gasteiger partial charge on any atom is -0.357 e. The molecule has 0 rings (SSSR count). The molecule has 0 aliphatic heterocycles. The summed E-state index contributed by atoms with van der Waals surface area (Å²) in [5, 5.41) is 6.45. The van der Waals surface area contributed by atoms with Crippen LogP contribution in [0.1, 0.15) is 39.0 Å². The number of rotatable bonds is 11. The zero-order valence-electron chi connectivity index (χ0n) is 15.1. The average molecular weight is 313 g/mol. The summed E-state index contributed by atoms with van der Waals surface area (Å²) in [5.41, 5.74) is 0. The molecule has 0 bridgehead atoms. The number of likely N-dealkylation sites (N-methyl/N-ethyl adjacent to an activating group) is 1. The summed E-state index contributed by atoms with van der Waals surface area (Å²) >= 11 is 0. The van der Waals surface area contributed by atoms with E-state index in [1.54, 1.807) is 19.0 Å². The van der Waals surface area contributed by atoms with Crippen molar-refractivity contribution >= 4 is 11.9 Å². The molecule has 0 radical (unpaired) electrons. The largest absolute Gasteiger partial charge is 0.357 e. The molecular weight excluding hydrogens is 278 g/mol. The van der Waals surface area contributed by atoms with E-state index < -0.39 is 0 Å². The van der Waals surface area contributed by atoms with Crippen LogP contribution in [0.15, 0.2) is 4.99 Å². The van der Waals surface area contributed by atoms with Gasteiger partial charge in [0.1, 0.15) is 6.54 Å². The van der Waals surface area contributed by atoms with Crippen LogP contribution in [-0.2, 0) is 4.79 Å². The Morgan fingerprint density at radius 1 is 0.955 bits per heavy atom. The molecule has 6 nitrogen and oxygen atoms in total. The van der Waals surface area contributed by atoms with Gasteiger partial charge in [-0.15, -0.1) is 0 Å². The van der Waals surface area contributed by atoms with E-state index in [2.05, 4.69) is 34.6 Å². The Labute approximate surface area is 136 Å². The second kappa shape index (κ2) is 13.4. The first-order chi connectivity index (χ1) is 10.5. The number of unbranched alkanes of at least 4 members (excludes halogenated alkanes) is 4. The first kappa shape index (κ1) is 20.7. The van der Waals surface area contributed by atoms with Crippen molar-refractivity contribution < 1.29 is 4.79 Å². The fourth-order valence-electron chi connectivity index (χ4n) is 1.92. The maximum atomic E-state index is 11.5. The number of hydrogen-bond donors (Lipinski definition) is 2. The molecule has 0 fully saturated rings. The molecule has 0 atom stereocenters. The minimum atomic E-state index is 0.0121. The number of nitrogens with zero attached hydrogens (tertiary/aromatic N) is 3. The minimum absolute atomic E-state index is 0.0121. The van der Waals surface area contributed by atoms with Crippen LogP contribution in [0.3, 0.4) is 0 Å². The van der Waals surface area contributed by atoms with Crippen molar-refractivity contribution in [1.29, 1.82) is 0 Å². The van der Waals surface area contributed by atoms with Crippen molar-refractivity contribution in [3.63, 3.8) is 0 Å². The van der Waals surface area contributed by atoms with Gasteiger partial charge in [-0.2, -0.15) is 0 Å². The first-order valence-corrected chi connectivity index (χ1v) is 8.34. The fraction of sp³-hybridized carbons (Fsp3) is 0.875. The summed E-state index contributed by atoms with van der Waals surface area (Å²) in [6, 6.07) is 0. The lowest BCUT2D eigenvalue weighted by Crippen LogP contribution is -2.38. The maximum absolute atomic E-state index is 11.5. The molecule has 6 heteroatoms. The molecule has 22 heavy (non-hydrogen) atoms. The van der Waals surface area contributed by atoms with Crippen LogP contribution in [0.25, 0.3) is 0 Å². The van der Waals surface area contributed by atoms with Gasteiger partial charge in [0.25, 0.3) is 0 Å². The normalized spacial score (nSPS) is 11.6. The molecule has 0 heterocycles. The monoisotopic (exact) mass is 313 g/mol. The second-order valence-corrected chi connectivity index (χ2v) is 5.98. The Kier molecular flexibility index (Phi) is 12.6. The van der Waals surface area contributed by atoms with Crippen LogP contribution >= 0.6 is 0 Å². The molecule has 0 saturated heterocycles. The van der Waals surface area contributed by atoms with E-state index in [9.17, 15) is 4.79 Å². The van der Waals surface area contributed by atoms with Crippen molar-refractivity contribution in [1.82, 2.24) is 20.4 Å². The zero-order chi connectivity index (χ0) is 16.8. The molecule has 0 aromatic rings. The van der Waals surface area contributed by atoms with Gasteiger partial charge >= 0.3 is 0 Å². The molecule has 0 saturated carbocycles. The molecule has 1 amide bonds. The van der Waals surface area contributed by atoms with Crippen LogP contribution in [0.4, 0.5) is 0 Å². The quantitative estimate of drug-likeness (QED) is 0.341. The van der Waals surface area contributed by atoms with Crippen LogP contribution in [0.2, 0.25) is 0 Å². The molecule has 0 unspecified atom stereocenters. The Hall–Kier alpha value is -1.30. The fourth-order valence-corrected chi connectivity index (χ4v) is 1.92. The van der Waals surface area contributed by atoms with Gasteiger partial charge in [0, 0.05) is 27.2 Å². The standard InChI is InChI=1S/C16H35N5O/c1-6-17-16(19-14-15(22)21(4)5)18-12-10-8-7-9-11-13-20(2)3/h6-14H2,1-5H3,(H2,17,18,19). The molecule has 0 aromatic heterocycles. The third-order valence-corrected chi connectivity index (χ3v) is 3.29. The van der Waals surface area contributed by atoms with Crippen molar-refractivity contribution in [2.75, 3.05) is 54.4 Å². The predicted molar refractivity (Wildman–Crippen MR) is 94.3 cm³/mol. The highest BCUT2D eigenvalue weighted by molar-refractivity contribution is 5.84. The van der Waals surface area contributed by atoms with E-state index in [4.69, 9.17) is 0 Å². The van der Waals surface area contributed by atoms with Gasteiger partial charge in [0.05, 0.1) is 0 Å². The highest BCUT2D eigenvalue weighted by Gasteiger charge is 2.03. The van der Waals surface area contributed by atoms with Gasteiger partial charge in [-0.05, 0) is 40.4 Å². The van der Waals surface area contributed by atoms with E-state index in [0.29, 0.717) is 0 Å². The number of carbonyl (C=O) groups is 1. The number of amides is 1. The summed E-state index contributed by atoms with van der Waals surface area (Å²) in [5.74, 6) is 0.739. The molecule has 2 N–H and O–H groups in total. The van der Waals surface area contributed by atoms with E-state index in [-0.39, 0.29) is 12.5 Å². The average Bonchev–Trinajstić information content (AvgIpc) is 2.46. The Bertz CT molecular complexity index is 316. The lowest BCUT2D eigenvalue weighted by Gasteiger charge is -2.12. The van der Waals surface area contributed by atoms with Gasteiger partial charge in [0.2, 0.25) is 5.91 Å². The van der Waals surface area contributed by atoms with Gasteiger partial charge in [-0.3, -0.25) is 4.79 Å². The van der Waals surface area contributed by atoms with Gasteiger partial charge < -0.3 is 20.4 Å². The number of carbonyl (C=O) groups excluding carboxylic acids is 1. The SMILES string of the molecule is CCNC(=NCC(=O)N(C)C)NCCCCCCCN(C)C. The molecule has 0 aromatic carbocycles. The van der Waals surface area contributed by atoms with Crippen molar-refractivity contribution in [2.24, 2.45) is 4.99 Å². The Balaban J connectivity index is 3.77. The highest BCUT2D eigenvalue weighted by atomic mass is 16.2. The summed E-state index contributed by atoms with van der Waals surface area (Å²) in [6.07, 6.45) is 6.22. The molecular formula is C16H35N5O. The van der Waals surface area contributed by atoms with Crippen LogP contribution in [0.5, 0.6) is 0 Å². The smallest absolute Gasteiger partial charge is 0.243 e. The molecule has 0 aliphatic rings. The molecule has 130 valence electrons. The highest BCUT2D eigenvalue weighted by Crippen LogP contribution is 2.02. The lowest BCUT2D eigenvalue weighted by molar-refractivity contribution is -0.127. The summed E-state index contributed by atoms with van der Waals surface area (Å²) in [6.45, 7) is 5.08. The number of nitrogens with one attached hydrogen (secondary N) is 2. The second-order valence-electron chi connectivity index (χ2n) is 5.98. The lowest BCUT2D eigenvalue weighted by atomic mass is 10.1. The van der Waals surface area contributed by atoms with Gasteiger partial charge in [-0.1, -0.05) is 19.3 Å². The molecule has 0 spiro atoms. The Morgan fingerprint density at radius 2 is 1.59 bits per heavy atom. The third kappa shape index (κ3) is 12.4.